The van der Waals surface area contributed by atoms with Gasteiger partial charge in [0, 0.05) is 36.2 Å². The standard InChI is InChI=1S/C20H22BrN3O2/c1-15-7-8-18(17(21)13-15)22-19(25)14-23-9-11-24(12-10-23)20(26)16-5-3-2-4-6-16/h2-8,13H,9-12,14H2,1H3,(H,22,25). The summed E-state index contributed by atoms with van der Waals surface area (Å²) in [5, 5.41) is 2.94. The highest BCUT2D eigenvalue weighted by molar-refractivity contribution is 9.10. The SMILES string of the molecule is Cc1ccc(NC(=O)CN2CCN(C(=O)c3ccccc3)CC2)c(Br)c1. The average Bonchev–Trinajstić information content (AvgIpc) is 2.65. The number of aryl methyl sites for hydroxylation is 1. The second-order valence-corrected chi connectivity index (χ2v) is 7.32. The van der Waals surface area contributed by atoms with Crippen LogP contribution in [0.15, 0.2) is 53.0 Å². The van der Waals surface area contributed by atoms with Gasteiger partial charge < -0.3 is 10.2 Å². The highest BCUT2D eigenvalue weighted by atomic mass is 79.9. The van der Waals surface area contributed by atoms with Gasteiger partial charge in [-0.3, -0.25) is 14.5 Å². The van der Waals surface area contributed by atoms with Crippen molar-refractivity contribution in [3.8, 4) is 0 Å². The second kappa shape index (κ2) is 8.47. The highest BCUT2D eigenvalue weighted by Crippen LogP contribution is 2.23. The van der Waals surface area contributed by atoms with Gasteiger partial charge in [0.25, 0.3) is 5.91 Å². The van der Waals surface area contributed by atoms with Crippen LogP contribution in [0.25, 0.3) is 0 Å². The summed E-state index contributed by atoms with van der Waals surface area (Å²) >= 11 is 3.47. The molecule has 3 rings (SSSR count). The third kappa shape index (κ3) is 4.71. The van der Waals surface area contributed by atoms with Gasteiger partial charge in [-0.25, -0.2) is 0 Å². The van der Waals surface area contributed by atoms with Crippen LogP contribution in [0, 0.1) is 6.92 Å². The molecule has 1 saturated heterocycles. The van der Waals surface area contributed by atoms with E-state index in [0.717, 1.165) is 15.7 Å². The van der Waals surface area contributed by atoms with Crippen LogP contribution in [0.2, 0.25) is 0 Å². The van der Waals surface area contributed by atoms with E-state index < -0.39 is 0 Å². The first kappa shape index (κ1) is 18.6. The van der Waals surface area contributed by atoms with Crippen LogP contribution >= 0.6 is 15.9 Å². The minimum Gasteiger partial charge on any atom is -0.336 e. The number of carbonyl (C=O) groups is 2. The second-order valence-electron chi connectivity index (χ2n) is 6.47. The fourth-order valence-corrected chi connectivity index (χ4v) is 3.58. The Morgan fingerprint density at radius 2 is 1.73 bits per heavy atom. The Morgan fingerprint density at radius 1 is 1.04 bits per heavy atom. The zero-order valence-corrected chi connectivity index (χ0v) is 16.3. The Hall–Kier alpha value is -2.18. The fraction of sp³-hybridized carbons (Fsp3) is 0.300. The molecule has 1 aliphatic rings. The van der Waals surface area contributed by atoms with E-state index in [4.69, 9.17) is 0 Å². The topological polar surface area (TPSA) is 52.7 Å². The van der Waals surface area contributed by atoms with E-state index in [2.05, 4.69) is 26.1 Å². The summed E-state index contributed by atoms with van der Waals surface area (Å²) in [5.74, 6) is 0.00989. The molecule has 0 spiro atoms. The number of rotatable bonds is 4. The van der Waals surface area contributed by atoms with Crippen LogP contribution in [0.5, 0.6) is 0 Å². The van der Waals surface area contributed by atoms with E-state index in [1.807, 2.05) is 60.4 Å². The van der Waals surface area contributed by atoms with Gasteiger partial charge in [0.2, 0.25) is 5.91 Å². The Bertz CT molecular complexity index is 787. The van der Waals surface area contributed by atoms with Crippen molar-refractivity contribution in [3.05, 3.63) is 64.1 Å². The van der Waals surface area contributed by atoms with E-state index >= 15 is 0 Å². The quantitative estimate of drug-likeness (QED) is 0.833. The van der Waals surface area contributed by atoms with Gasteiger partial charge in [-0.2, -0.15) is 0 Å². The van der Waals surface area contributed by atoms with Gasteiger partial charge >= 0.3 is 0 Å². The summed E-state index contributed by atoms with van der Waals surface area (Å²) < 4.78 is 0.879. The summed E-state index contributed by atoms with van der Waals surface area (Å²) in [6.45, 7) is 4.99. The van der Waals surface area contributed by atoms with E-state index in [-0.39, 0.29) is 11.8 Å². The molecule has 0 atom stereocenters. The monoisotopic (exact) mass is 415 g/mol. The molecule has 0 aromatic heterocycles. The first-order valence-electron chi connectivity index (χ1n) is 8.65. The molecule has 1 N–H and O–H groups in total. The number of carbonyl (C=O) groups excluding carboxylic acids is 2. The normalized spacial score (nSPS) is 14.9. The van der Waals surface area contributed by atoms with E-state index in [1.54, 1.807) is 0 Å². The van der Waals surface area contributed by atoms with Crippen molar-refractivity contribution in [1.82, 2.24) is 9.80 Å². The van der Waals surface area contributed by atoms with Gasteiger partial charge in [0.15, 0.2) is 0 Å². The number of hydrogen-bond acceptors (Lipinski definition) is 3. The van der Waals surface area contributed by atoms with Gasteiger partial charge in [-0.05, 0) is 52.7 Å². The maximum absolute atomic E-state index is 12.5. The Kier molecular flexibility index (Phi) is 6.06. The zero-order chi connectivity index (χ0) is 18.5. The molecular formula is C20H22BrN3O2. The number of nitrogens with one attached hydrogen (secondary N) is 1. The van der Waals surface area contributed by atoms with Crippen LogP contribution in [0.1, 0.15) is 15.9 Å². The van der Waals surface area contributed by atoms with Crippen LogP contribution < -0.4 is 5.32 Å². The Labute approximate surface area is 162 Å². The largest absolute Gasteiger partial charge is 0.336 e. The smallest absolute Gasteiger partial charge is 0.253 e. The van der Waals surface area contributed by atoms with Crippen LogP contribution in [-0.2, 0) is 4.79 Å². The fourth-order valence-electron chi connectivity index (χ4n) is 2.99. The Balaban J connectivity index is 1.49. The first-order valence-corrected chi connectivity index (χ1v) is 9.45. The van der Waals surface area contributed by atoms with Gasteiger partial charge in [0.1, 0.15) is 0 Å². The van der Waals surface area contributed by atoms with Crippen molar-refractivity contribution in [2.24, 2.45) is 0 Å². The maximum atomic E-state index is 12.5. The van der Waals surface area contributed by atoms with Crippen LogP contribution in [-0.4, -0.2) is 54.3 Å². The van der Waals surface area contributed by atoms with Crippen molar-refractivity contribution in [2.45, 2.75) is 6.92 Å². The molecule has 0 saturated carbocycles. The molecule has 0 radical (unpaired) electrons. The molecule has 0 aliphatic carbocycles. The lowest BCUT2D eigenvalue weighted by atomic mass is 10.2. The number of halogens is 1. The number of amides is 2. The lowest BCUT2D eigenvalue weighted by Crippen LogP contribution is -2.50. The molecule has 5 nitrogen and oxygen atoms in total. The number of nitrogens with zero attached hydrogens (tertiary/aromatic N) is 2. The molecule has 136 valence electrons. The summed E-state index contributed by atoms with van der Waals surface area (Å²) in [6, 6.07) is 15.2. The van der Waals surface area contributed by atoms with Gasteiger partial charge in [-0.1, -0.05) is 24.3 Å². The lowest BCUT2D eigenvalue weighted by Gasteiger charge is -2.34. The maximum Gasteiger partial charge on any atom is 0.253 e. The van der Waals surface area contributed by atoms with Crippen molar-refractivity contribution in [1.29, 1.82) is 0 Å². The van der Waals surface area contributed by atoms with E-state index in [1.165, 1.54) is 0 Å². The van der Waals surface area contributed by atoms with Crippen molar-refractivity contribution in [2.75, 3.05) is 38.0 Å². The molecule has 1 fully saturated rings. The van der Waals surface area contributed by atoms with Crippen molar-refractivity contribution in [3.63, 3.8) is 0 Å². The predicted octanol–water partition coefficient (Wildman–Crippen LogP) is 3.15. The average molecular weight is 416 g/mol. The molecule has 6 heteroatoms. The number of benzene rings is 2. The molecule has 0 unspecified atom stereocenters. The zero-order valence-electron chi connectivity index (χ0n) is 14.7. The van der Waals surface area contributed by atoms with Gasteiger partial charge in [-0.15, -0.1) is 0 Å². The van der Waals surface area contributed by atoms with Crippen molar-refractivity contribution < 1.29 is 9.59 Å². The van der Waals surface area contributed by atoms with E-state index in [9.17, 15) is 9.59 Å². The molecule has 1 heterocycles. The first-order chi connectivity index (χ1) is 12.5. The number of anilines is 1. The Morgan fingerprint density at radius 3 is 2.38 bits per heavy atom. The van der Waals surface area contributed by atoms with Gasteiger partial charge in [0.05, 0.1) is 12.2 Å². The molecule has 1 aliphatic heterocycles. The summed E-state index contributed by atoms with van der Waals surface area (Å²) in [5.41, 5.74) is 2.62. The number of piperazine rings is 1. The summed E-state index contributed by atoms with van der Waals surface area (Å²) in [7, 11) is 0. The molecule has 26 heavy (non-hydrogen) atoms. The number of hydrogen-bond donors (Lipinski definition) is 1. The third-order valence-electron chi connectivity index (χ3n) is 4.45. The molecule has 2 amide bonds. The van der Waals surface area contributed by atoms with Crippen LogP contribution in [0.4, 0.5) is 5.69 Å². The van der Waals surface area contributed by atoms with Crippen molar-refractivity contribution >= 4 is 33.4 Å². The minimum absolute atomic E-state index is 0.0441. The third-order valence-corrected chi connectivity index (χ3v) is 5.10. The summed E-state index contributed by atoms with van der Waals surface area (Å²) in [6.07, 6.45) is 0. The molecule has 2 aromatic carbocycles. The molecular weight excluding hydrogens is 394 g/mol. The van der Waals surface area contributed by atoms with Crippen LogP contribution in [0.3, 0.4) is 0 Å². The summed E-state index contributed by atoms with van der Waals surface area (Å²) in [4.78, 5) is 28.7. The highest BCUT2D eigenvalue weighted by Gasteiger charge is 2.23. The predicted molar refractivity (Wildman–Crippen MR) is 106 cm³/mol. The van der Waals surface area contributed by atoms with E-state index in [0.29, 0.717) is 38.3 Å². The molecule has 0 bridgehead atoms. The molecule has 2 aromatic rings. The lowest BCUT2D eigenvalue weighted by molar-refractivity contribution is -0.117. The minimum atomic E-state index is -0.0441.